The SMILES string of the molecule is CC1OCCC1N(C)C(=O)c1cnccc1Cl. The van der Waals surface area contributed by atoms with E-state index in [0.29, 0.717) is 17.2 Å². The summed E-state index contributed by atoms with van der Waals surface area (Å²) in [5.41, 5.74) is 0.441. The third-order valence-corrected chi connectivity index (χ3v) is 3.48. The predicted molar refractivity (Wildman–Crippen MR) is 65.2 cm³/mol. The molecule has 0 aromatic carbocycles. The Kier molecular flexibility index (Phi) is 3.64. The third kappa shape index (κ3) is 2.42. The highest BCUT2D eigenvalue weighted by Crippen LogP contribution is 2.22. The van der Waals surface area contributed by atoms with Crippen molar-refractivity contribution in [1.29, 1.82) is 0 Å². The number of aromatic nitrogens is 1. The number of ether oxygens (including phenoxy) is 1. The predicted octanol–water partition coefficient (Wildman–Crippen LogP) is 1.98. The molecule has 2 unspecified atom stereocenters. The Bertz CT molecular complexity index is 425. The molecule has 0 N–H and O–H groups in total. The third-order valence-electron chi connectivity index (χ3n) is 3.15. The van der Waals surface area contributed by atoms with Crippen LogP contribution in [0.3, 0.4) is 0 Å². The van der Waals surface area contributed by atoms with Crippen molar-refractivity contribution in [1.82, 2.24) is 9.88 Å². The minimum absolute atomic E-state index is 0.0689. The molecule has 1 saturated heterocycles. The van der Waals surface area contributed by atoms with Gasteiger partial charge >= 0.3 is 0 Å². The average Bonchev–Trinajstić information content (AvgIpc) is 2.74. The second-order valence-corrected chi connectivity index (χ2v) is 4.61. The summed E-state index contributed by atoms with van der Waals surface area (Å²) in [5.74, 6) is -0.106. The van der Waals surface area contributed by atoms with Crippen molar-refractivity contribution in [2.45, 2.75) is 25.5 Å². The smallest absolute Gasteiger partial charge is 0.257 e. The highest BCUT2D eigenvalue weighted by atomic mass is 35.5. The zero-order valence-electron chi connectivity index (χ0n) is 9.89. The molecule has 1 aliphatic rings. The van der Waals surface area contributed by atoms with Crippen molar-refractivity contribution in [2.75, 3.05) is 13.7 Å². The van der Waals surface area contributed by atoms with E-state index in [9.17, 15) is 4.79 Å². The Morgan fingerprint density at radius 3 is 3.00 bits per heavy atom. The van der Waals surface area contributed by atoms with E-state index >= 15 is 0 Å². The number of likely N-dealkylation sites (N-methyl/N-ethyl adjacent to an activating group) is 1. The standard InChI is InChI=1S/C12H15ClN2O2/c1-8-11(4-6-17-8)15(2)12(16)9-7-14-5-3-10(9)13/h3,5,7-8,11H,4,6H2,1-2H3. The summed E-state index contributed by atoms with van der Waals surface area (Å²) in [7, 11) is 1.78. The van der Waals surface area contributed by atoms with Crippen LogP contribution in [0.25, 0.3) is 0 Å². The van der Waals surface area contributed by atoms with E-state index in [1.54, 1.807) is 24.2 Å². The molecule has 17 heavy (non-hydrogen) atoms. The lowest BCUT2D eigenvalue weighted by Gasteiger charge is -2.26. The Balaban J connectivity index is 2.17. The number of pyridine rings is 1. The van der Waals surface area contributed by atoms with E-state index in [-0.39, 0.29) is 18.1 Å². The molecule has 0 bridgehead atoms. The minimum atomic E-state index is -0.106. The topological polar surface area (TPSA) is 42.4 Å². The Morgan fingerprint density at radius 1 is 1.65 bits per heavy atom. The van der Waals surface area contributed by atoms with Crippen LogP contribution in [0.4, 0.5) is 0 Å². The van der Waals surface area contributed by atoms with Crippen molar-refractivity contribution >= 4 is 17.5 Å². The van der Waals surface area contributed by atoms with Crippen molar-refractivity contribution in [3.8, 4) is 0 Å². The second kappa shape index (κ2) is 5.02. The normalized spacial score (nSPS) is 23.7. The van der Waals surface area contributed by atoms with Gasteiger partial charge in [-0.2, -0.15) is 0 Å². The molecular formula is C12H15ClN2O2. The molecule has 1 aromatic rings. The van der Waals surface area contributed by atoms with E-state index in [1.807, 2.05) is 6.92 Å². The van der Waals surface area contributed by atoms with Crippen molar-refractivity contribution in [3.05, 3.63) is 29.0 Å². The average molecular weight is 255 g/mol. The molecule has 5 heteroatoms. The van der Waals surface area contributed by atoms with Crippen LogP contribution < -0.4 is 0 Å². The van der Waals surface area contributed by atoms with Crippen LogP contribution in [-0.2, 0) is 4.74 Å². The van der Waals surface area contributed by atoms with Crippen LogP contribution in [0.1, 0.15) is 23.7 Å². The molecule has 1 fully saturated rings. The maximum absolute atomic E-state index is 12.2. The highest BCUT2D eigenvalue weighted by Gasteiger charge is 2.31. The van der Waals surface area contributed by atoms with Crippen LogP contribution in [0.15, 0.2) is 18.5 Å². The number of rotatable bonds is 2. The molecular weight excluding hydrogens is 240 g/mol. The van der Waals surface area contributed by atoms with Gasteiger partial charge in [0.2, 0.25) is 0 Å². The van der Waals surface area contributed by atoms with Gasteiger partial charge in [-0.1, -0.05) is 11.6 Å². The van der Waals surface area contributed by atoms with E-state index < -0.39 is 0 Å². The lowest BCUT2D eigenvalue weighted by Crippen LogP contribution is -2.41. The summed E-state index contributed by atoms with van der Waals surface area (Å²) in [6, 6.07) is 1.73. The highest BCUT2D eigenvalue weighted by molar-refractivity contribution is 6.33. The fourth-order valence-electron chi connectivity index (χ4n) is 2.10. The van der Waals surface area contributed by atoms with Gasteiger partial charge in [0.1, 0.15) is 0 Å². The van der Waals surface area contributed by atoms with E-state index in [2.05, 4.69) is 4.98 Å². The van der Waals surface area contributed by atoms with Crippen LogP contribution >= 0.6 is 11.6 Å². The van der Waals surface area contributed by atoms with Gasteiger partial charge < -0.3 is 9.64 Å². The second-order valence-electron chi connectivity index (χ2n) is 4.20. The van der Waals surface area contributed by atoms with Crippen LogP contribution in [0.2, 0.25) is 5.02 Å². The summed E-state index contributed by atoms with van der Waals surface area (Å²) in [5, 5.41) is 0.434. The molecule has 92 valence electrons. The van der Waals surface area contributed by atoms with Gasteiger partial charge in [0.25, 0.3) is 5.91 Å². The molecule has 2 heterocycles. The molecule has 1 amide bonds. The molecule has 2 rings (SSSR count). The lowest BCUT2D eigenvalue weighted by molar-refractivity contribution is 0.0574. The summed E-state index contributed by atoms with van der Waals surface area (Å²) in [4.78, 5) is 17.9. The van der Waals surface area contributed by atoms with E-state index in [4.69, 9.17) is 16.3 Å². The number of hydrogen-bond acceptors (Lipinski definition) is 3. The van der Waals surface area contributed by atoms with Crippen molar-refractivity contribution < 1.29 is 9.53 Å². The maximum Gasteiger partial charge on any atom is 0.257 e. The molecule has 2 atom stereocenters. The van der Waals surface area contributed by atoms with Gasteiger partial charge in [-0.15, -0.1) is 0 Å². The number of amides is 1. The zero-order valence-corrected chi connectivity index (χ0v) is 10.6. The fourth-order valence-corrected chi connectivity index (χ4v) is 2.29. The van der Waals surface area contributed by atoms with E-state index in [1.165, 1.54) is 6.20 Å². The summed E-state index contributed by atoms with van der Waals surface area (Å²) < 4.78 is 5.46. The molecule has 1 aliphatic heterocycles. The number of carbonyl (C=O) groups excluding carboxylic acids is 1. The van der Waals surface area contributed by atoms with Crippen LogP contribution in [0.5, 0.6) is 0 Å². The fraction of sp³-hybridized carbons (Fsp3) is 0.500. The first-order chi connectivity index (χ1) is 8.11. The van der Waals surface area contributed by atoms with Gasteiger partial charge in [-0.05, 0) is 19.4 Å². The number of nitrogens with zero attached hydrogens (tertiary/aromatic N) is 2. The first-order valence-electron chi connectivity index (χ1n) is 5.59. The molecule has 0 saturated carbocycles. The number of halogens is 1. The largest absolute Gasteiger partial charge is 0.376 e. The summed E-state index contributed by atoms with van der Waals surface area (Å²) in [6.45, 7) is 2.68. The van der Waals surface area contributed by atoms with Crippen molar-refractivity contribution in [2.24, 2.45) is 0 Å². The Morgan fingerprint density at radius 2 is 2.41 bits per heavy atom. The quantitative estimate of drug-likeness (QED) is 0.811. The molecule has 0 aliphatic carbocycles. The molecule has 0 radical (unpaired) electrons. The summed E-state index contributed by atoms with van der Waals surface area (Å²) >= 11 is 5.99. The number of carbonyl (C=O) groups is 1. The summed E-state index contributed by atoms with van der Waals surface area (Å²) in [6.07, 6.45) is 4.00. The first kappa shape index (κ1) is 12.3. The number of hydrogen-bond donors (Lipinski definition) is 0. The van der Waals surface area contributed by atoms with Gasteiger partial charge in [0, 0.05) is 26.0 Å². The molecule has 0 spiro atoms. The maximum atomic E-state index is 12.2. The van der Waals surface area contributed by atoms with Gasteiger partial charge in [0.05, 0.1) is 22.7 Å². The van der Waals surface area contributed by atoms with Gasteiger partial charge in [-0.3, -0.25) is 9.78 Å². The monoisotopic (exact) mass is 254 g/mol. The Labute approximate surface area is 106 Å². The van der Waals surface area contributed by atoms with Crippen LogP contribution in [-0.4, -0.2) is 41.6 Å². The Hall–Kier alpha value is -1.13. The lowest BCUT2D eigenvalue weighted by atomic mass is 10.1. The minimum Gasteiger partial charge on any atom is -0.376 e. The molecule has 4 nitrogen and oxygen atoms in total. The molecule has 1 aromatic heterocycles. The first-order valence-corrected chi connectivity index (χ1v) is 5.97. The zero-order chi connectivity index (χ0) is 12.4. The van der Waals surface area contributed by atoms with Gasteiger partial charge in [-0.25, -0.2) is 0 Å². The van der Waals surface area contributed by atoms with E-state index in [0.717, 1.165) is 6.42 Å². The van der Waals surface area contributed by atoms with Crippen molar-refractivity contribution in [3.63, 3.8) is 0 Å². The van der Waals surface area contributed by atoms with Crippen LogP contribution in [0, 0.1) is 0 Å². The van der Waals surface area contributed by atoms with Gasteiger partial charge in [0.15, 0.2) is 0 Å².